The Kier molecular flexibility index (Phi) is 2.81. The van der Waals surface area contributed by atoms with E-state index in [1.807, 2.05) is 30.3 Å². The fraction of sp³-hybridized carbons (Fsp3) is 0.357. The van der Waals surface area contributed by atoms with Gasteiger partial charge in [0.1, 0.15) is 5.41 Å². The predicted octanol–water partition coefficient (Wildman–Crippen LogP) is 1.71. The van der Waals surface area contributed by atoms with Crippen LogP contribution in [-0.2, 0) is 14.4 Å². The lowest BCUT2D eigenvalue weighted by Crippen LogP contribution is -2.35. The molecule has 1 saturated heterocycles. The van der Waals surface area contributed by atoms with Crippen LogP contribution >= 0.6 is 0 Å². The highest BCUT2D eigenvalue weighted by molar-refractivity contribution is 6.49. The number of hydrogen-bond acceptors (Lipinski definition) is 3. The summed E-state index contributed by atoms with van der Waals surface area (Å²) in [6.07, 6.45) is 0. The molecule has 0 radical (unpaired) electrons. The van der Waals surface area contributed by atoms with Crippen LogP contribution < -0.4 is 0 Å². The fourth-order valence-corrected chi connectivity index (χ4v) is 2.10. The van der Waals surface area contributed by atoms with Gasteiger partial charge in [0.05, 0.1) is 6.04 Å². The summed E-state index contributed by atoms with van der Waals surface area (Å²) < 4.78 is 0. The monoisotopic (exact) mass is 245 g/mol. The van der Waals surface area contributed by atoms with Crippen molar-refractivity contribution in [1.29, 1.82) is 0 Å². The van der Waals surface area contributed by atoms with Crippen molar-refractivity contribution >= 4 is 17.6 Å². The van der Waals surface area contributed by atoms with E-state index in [1.54, 1.807) is 6.92 Å². The minimum Gasteiger partial charge on any atom is -0.287 e. The molecule has 18 heavy (non-hydrogen) atoms. The number of imide groups is 1. The first-order valence-corrected chi connectivity index (χ1v) is 5.84. The molecule has 0 unspecified atom stereocenters. The topological polar surface area (TPSA) is 54.5 Å². The summed E-state index contributed by atoms with van der Waals surface area (Å²) in [5, 5.41) is 0. The van der Waals surface area contributed by atoms with Gasteiger partial charge >= 0.3 is 0 Å². The Bertz CT molecular complexity index is 519. The third kappa shape index (κ3) is 1.65. The maximum absolute atomic E-state index is 12.1. The zero-order valence-corrected chi connectivity index (χ0v) is 10.6. The zero-order chi connectivity index (χ0) is 13.5. The van der Waals surface area contributed by atoms with Crippen molar-refractivity contribution in [3.8, 4) is 0 Å². The van der Waals surface area contributed by atoms with Gasteiger partial charge in [-0.1, -0.05) is 30.3 Å². The number of carbonyl (C=O) groups excluding carboxylic acids is 3. The third-order valence-electron chi connectivity index (χ3n) is 3.40. The Morgan fingerprint density at radius 3 is 2.06 bits per heavy atom. The lowest BCUT2D eigenvalue weighted by Gasteiger charge is -2.23. The molecule has 0 saturated carbocycles. The van der Waals surface area contributed by atoms with E-state index in [2.05, 4.69) is 0 Å². The largest absolute Gasteiger partial charge is 0.298 e. The second kappa shape index (κ2) is 4.05. The molecule has 1 heterocycles. The maximum Gasteiger partial charge on any atom is 0.298 e. The summed E-state index contributed by atoms with van der Waals surface area (Å²) in [7, 11) is 0. The van der Waals surface area contributed by atoms with Crippen molar-refractivity contribution in [2.45, 2.75) is 26.8 Å². The number of carbonyl (C=O) groups is 3. The van der Waals surface area contributed by atoms with Gasteiger partial charge in [0, 0.05) is 0 Å². The number of benzene rings is 1. The maximum atomic E-state index is 12.1. The van der Waals surface area contributed by atoms with E-state index in [1.165, 1.54) is 13.8 Å². The van der Waals surface area contributed by atoms with Crippen LogP contribution in [0.5, 0.6) is 0 Å². The van der Waals surface area contributed by atoms with Crippen molar-refractivity contribution in [2.24, 2.45) is 5.41 Å². The molecule has 0 aliphatic carbocycles. The molecule has 1 aliphatic heterocycles. The van der Waals surface area contributed by atoms with Crippen molar-refractivity contribution in [3.63, 3.8) is 0 Å². The van der Waals surface area contributed by atoms with Crippen LogP contribution in [0.4, 0.5) is 0 Å². The molecular formula is C14H15NO3. The van der Waals surface area contributed by atoms with Crippen molar-refractivity contribution in [1.82, 2.24) is 4.90 Å². The van der Waals surface area contributed by atoms with Gasteiger partial charge in [0.25, 0.3) is 5.91 Å². The van der Waals surface area contributed by atoms with Crippen LogP contribution in [0.15, 0.2) is 30.3 Å². The van der Waals surface area contributed by atoms with Crippen LogP contribution in [0.25, 0.3) is 0 Å². The van der Waals surface area contributed by atoms with Gasteiger partial charge in [0.15, 0.2) is 0 Å². The molecule has 1 atom stereocenters. The molecule has 1 aromatic rings. The molecule has 2 amide bonds. The van der Waals surface area contributed by atoms with E-state index in [-0.39, 0.29) is 0 Å². The van der Waals surface area contributed by atoms with Gasteiger partial charge in [-0.05, 0) is 26.3 Å². The quantitative estimate of drug-likeness (QED) is 0.453. The van der Waals surface area contributed by atoms with Crippen molar-refractivity contribution in [2.75, 3.05) is 0 Å². The Labute approximate surface area is 106 Å². The first kappa shape index (κ1) is 12.5. The van der Waals surface area contributed by atoms with Crippen molar-refractivity contribution < 1.29 is 14.4 Å². The molecule has 0 bridgehead atoms. The summed E-state index contributed by atoms with van der Waals surface area (Å²) >= 11 is 0. The minimum atomic E-state index is -1.24. The summed E-state index contributed by atoms with van der Waals surface area (Å²) in [6, 6.07) is 8.78. The molecule has 1 aliphatic rings. The van der Waals surface area contributed by atoms with Crippen LogP contribution in [-0.4, -0.2) is 22.5 Å². The molecule has 1 fully saturated rings. The fourth-order valence-electron chi connectivity index (χ4n) is 2.10. The highest BCUT2D eigenvalue weighted by Crippen LogP contribution is 2.34. The van der Waals surface area contributed by atoms with Gasteiger partial charge < -0.3 is 0 Å². The highest BCUT2D eigenvalue weighted by atomic mass is 16.2. The number of rotatable bonds is 2. The molecule has 0 N–H and O–H groups in total. The van der Waals surface area contributed by atoms with E-state index in [0.29, 0.717) is 0 Å². The summed E-state index contributed by atoms with van der Waals surface area (Å²) in [5.74, 6) is -1.76. The van der Waals surface area contributed by atoms with Crippen LogP contribution in [0.2, 0.25) is 0 Å². The van der Waals surface area contributed by atoms with Gasteiger partial charge in [-0.25, -0.2) is 0 Å². The van der Waals surface area contributed by atoms with Gasteiger partial charge in [-0.3, -0.25) is 19.3 Å². The van der Waals surface area contributed by atoms with E-state index in [4.69, 9.17) is 0 Å². The molecule has 0 spiro atoms. The highest BCUT2D eigenvalue weighted by Gasteiger charge is 2.54. The summed E-state index contributed by atoms with van der Waals surface area (Å²) in [6.45, 7) is 4.74. The summed E-state index contributed by atoms with van der Waals surface area (Å²) in [4.78, 5) is 36.9. The lowest BCUT2D eigenvalue weighted by molar-refractivity contribution is -0.145. The van der Waals surface area contributed by atoms with Gasteiger partial charge in [-0.15, -0.1) is 0 Å². The second-order valence-corrected chi connectivity index (χ2v) is 5.02. The standard InChI is InChI=1S/C14H15NO3/c1-9(10-7-5-4-6-8-10)15-12(17)11(16)14(2,3)13(15)18/h4-9H,1-3H3/t9-/m1/s1. The lowest BCUT2D eigenvalue weighted by atomic mass is 9.90. The number of Topliss-reactive ketones (excluding diaryl/α,β-unsaturated/α-hetero) is 1. The smallest absolute Gasteiger partial charge is 0.287 e. The minimum absolute atomic E-state index is 0.420. The molecule has 0 aromatic heterocycles. The SMILES string of the molecule is C[C@H](c1ccccc1)N1C(=O)C(=O)C(C)(C)C1=O. The number of likely N-dealkylation sites (tertiary alicyclic amines) is 1. The Balaban J connectivity index is 2.38. The first-order valence-electron chi connectivity index (χ1n) is 5.84. The molecular weight excluding hydrogens is 230 g/mol. The second-order valence-electron chi connectivity index (χ2n) is 5.02. The molecule has 4 nitrogen and oxygen atoms in total. The Hall–Kier alpha value is -1.97. The molecule has 2 rings (SSSR count). The van der Waals surface area contributed by atoms with Crippen LogP contribution in [0, 0.1) is 5.41 Å². The van der Waals surface area contributed by atoms with Gasteiger partial charge in [-0.2, -0.15) is 0 Å². The van der Waals surface area contributed by atoms with Crippen LogP contribution in [0.1, 0.15) is 32.4 Å². The van der Waals surface area contributed by atoms with E-state index >= 15 is 0 Å². The molecule has 4 heteroatoms. The normalized spacial score (nSPS) is 20.4. The average molecular weight is 245 g/mol. The number of nitrogens with zero attached hydrogens (tertiary/aromatic N) is 1. The molecule has 94 valence electrons. The van der Waals surface area contributed by atoms with E-state index < -0.39 is 29.1 Å². The molecule has 1 aromatic carbocycles. The number of amides is 2. The number of hydrogen-bond donors (Lipinski definition) is 0. The average Bonchev–Trinajstić information content (AvgIpc) is 2.51. The summed E-state index contributed by atoms with van der Waals surface area (Å²) in [5.41, 5.74) is -0.398. The van der Waals surface area contributed by atoms with Crippen molar-refractivity contribution in [3.05, 3.63) is 35.9 Å². The van der Waals surface area contributed by atoms with E-state index in [0.717, 1.165) is 10.5 Å². The Morgan fingerprint density at radius 2 is 1.61 bits per heavy atom. The van der Waals surface area contributed by atoms with Crippen LogP contribution in [0.3, 0.4) is 0 Å². The zero-order valence-electron chi connectivity index (χ0n) is 10.6. The number of ketones is 1. The Morgan fingerprint density at radius 1 is 1.06 bits per heavy atom. The van der Waals surface area contributed by atoms with E-state index in [9.17, 15) is 14.4 Å². The first-order chi connectivity index (χ1) is 8.37. The predicted molar refractivity (Wildman–Crippen MR) is 65.5 cm³/mol. The third-order valence-corrected chi connectivity index (χ3v) is 3.40. The van der Waals surface area contributed by atoms with Gasteiger partial charge in [0.2, 0.25) is 11.7 Å².